The molecule has 6 heterocycles. The second-order valence-corrected chi connectivity index (χ2v) is 11.4. The normalized spacial score (nSPS) is 22.5. The van der Waals surface area contributed by atoms with Gasteiger partial charge in [0.05, 0.1) is 34.9 Å². The minimum atomic E-state index is -0.138. The Labute approximate surface area is 226 Å². The van der Waals surface area contributed by atoms with Crippen LogP contribution in [0.3, 0.4) is 0 Å². The number of pyridine rings is 1. The van der Waals surface area contributed by atoms with Crippen LogP contribution in [0.4, 0.5) is 0 Å². The quantitative estimate of drug-likeness (QED) is 0.426. The summed E-state index contributed by atoms with van der Waals surface area (Å²) in [6.45, 7) is 9.01. The van der Waals surface area contributed by atoms with E-state index in [-0.39, 0.29) is 29.6 Å². The number of ether oxygens (including phenoxy) is 1. The second kappa shape index (κ2) is 9.60. The van der Waals surface area contributed by atoms with Crippen molar-refractivity contribution >= 4 is 27.7 Å². The summed E-state index contributed by atoms with van der Waals surface area (Å²) in [6, 6.07) is 4.56. The number of carbonyl (C=O) groups is 1. The second-order valence-electron chi connectivity index (χ2n) is 11.4. The zero-order valence-electron chi connectivity index (χ0n) is 22.6. The van der Waals surface area contributed by atoms with Crippen LogP contribution in [0.15, 0.2) is 35.5 Å². The fraction of sp³-hybridized carbons (Fsp3) is 0.517. The number of aromatic amines is 1. The van der Waals surface area contributed by atoms with Crippen LogP contribution < -0.4 is 5.56 Å². The molecule has 39 heavy (non-hydrogen) atoms. The molecule has 10 heteroatoms. The van der Waals surface area contributed by atoms with Crippen molar-refractivity contribution in [3.63, 3.8) is 0 Å². The SMILES string of the molecule is CCCn1cc(CN2C[C@H]3Cc4cc5[nH]c(=O)c6cnn(C7CCOCC7)c6c5cc4C(=O)N3C[C@@H]2C)cn1. The molecule has 0 unspecified atom stereocenters. The van der Waals surface area contributed by atoms with Crippen LogP contribution in [-0.4, -0.2) is 78.6 Å². The maximum Gasteiger partial charge on any atom is 0.259 e. The highest BCUT2D eigenvalue weighted by Crippen LogP contribution is 2.34. The Balaban J connectivity index is 1.23. The molecule has 0 saturated carbocycles. The highest BCUT2D eigenvalue weighted by atomic mass is 16.5. The fourth-order valence-electron chi connectivity index (χ4n) is 6.73. The number of rotatable bonds is 5. The molecule has 10 nitrogen and oxygen atoms in total. The minimum absolute atomic E-state index is 0.0851. The fourth-order valence-corrected chi connectivity index (χ4v) is 6.73. The van der Waals surface area contributed by atoms with E-state index >= 15 is 0 Å². The molecule has 3 aliphatic rings. The average Bonchev–Trinajstić information content (AvgIpc) is 3.58. The molecule has 204 valence electrons. The molecule has 2 fully saturated rings. The third kappa shape index (κ3) is 4.17. The van der Waals surface area contributed by atoms with Gasteiger partial charge in [-0.05, 0) is 50.3 Å². The number of nitrogens with zero attached hydrogens (tertiary/aromatic N) is 6. The molecular weight excluding hydrogens is 494 g/mol. The van der Waals surface area contributed by atoms with Crippen LogP contribution in [0.1, 0.15) is 60.6 Å². The first kappa shape index (κ1) is 24.5. The van der Waals surface area contributed by atoms with E-state index in [1.165, 1.54) is 5.56 Å². The van der Waals surface area contributed by atoms with Crippen molar-refractivity contribution in [1.29, 1.82) is 0 Å². The molecule has 0 aliphatic carbocycles. The third-order valence-electron chi connectivity index (χ3n) is 8.77. The maximum atomic E-state index is 13.9. The highest BCUT2D eigenvalue weighted by molar-refractivity contribution is 6.08. The van der Waals surface area contributed by atoms with E-state index in [9.17, 15) is 9.59 Å². The van der Waals surface area contributed by atoms with Gasteiger partial charge < -0.3 is 14.6 Å². The topological polar surface area (TPSA) is 101 Å². The number of hydrogen-bond acceptors (Lipinski definition) is 6. The van der Waals surface area contributed by atoms with E-state index in [0.717, 1.165) is 72.9 Å². The van der Waals surface area contributed by atoms with Gasteiger partial charge in [-0.2, -0.15) is 10.2 Å². The number of hydrogen-bond donors (Lipinski definition) is 1. The number of carbonyl (C=O) groups excluding carboxylic acids is 1. The van der Waals surface area contributed by atoms with Gasteiger partial charge in [0, 0.05) is 74.2 Å². The molecule has 3 aliphatic heterocycles. The lowest BCUT2D eigenvalue weighted by Gasteiger charge is -2.47. The first-order chi connectivity index (χ1) is 19.0. The van der Waals surface area contributed by atoms with Gasteiger partial charge in [0.15, 0.2) is 0 Å². The Morgan fingerprint density at radius 1 is 1.05 bits per heavy atom. The number of H-pyrrole nitrogens is 1. The molecule has 2 saturated heterocycles. The summed E-state index contributed by atoms with van der Waals surface area (Å²) in [4.78, 5) is 34.5. The summed E-state index contributed by atoms with van der Waals surface area (Å²) in [5.41, 5.74) is 4.41. The van der Waals surface area contributed by atoms with Gasteiger partial charge in [-0.15, -0.1) is 0 Å². The molecule has 0 bridgehead atoms. The van der Waals surface area contributed by atoms with Crippen LogP contribution in [0.25, 0.3) is 21.8 Å². The van der Waals surface area contributed by atoms with Crippen molar-refractivity contribution in [1.82, 2.24) is 34.3 Å². The van der Waals surface area contributed by atoms with Crippen molar-refractivity contribution < 1.29 is 9.53 Å². The van der Waals surface area contributed by atoms with Gasteiger partial charge in [0.2, 0.25) is 0 Å². The summed E-state index contributed by atoms with van der Waals surface area (Å²) in [7, 11) is 0. The summed E-state index contributed by atoms with van der Waals surface area (Å²) >= 11 is 0. The number of aryl methyl sites for hydroxylation is 1. The minimum Gasteiger partial charge on any atom is -0.381 e. The van der Waals surface area contributed by atoms with E-state index in [1.807, 2.05) is 27.7 Å². The van der Waals surface area contributed by atoms with Crippen molar-refractivity contribution in [2.24, 2.45) is 0 Å². The molecule has 0 spiro atoms. The first-order valence-corrected chi connectivity index (χ1v) is 14.2. The monoisotopic (exact) mass is 529 g/mol. The molecule has 1 amide bonds. The van der Waals surface area contributed by atoms with Crippen molar-refractivity contribution in [3.05, 3.63) is 57.8 Å². The van der Waals surface area contributed by atoms with E-state index < -0.39 is 0 Å². The average molecular weight is 530 g/mol. The standard InChI is InChI=1S/C29H35N7O3/c1-3-6-34-16-19(12-30-34)15-33-17-22-9-20-10-26-24(11-23(20)29(38)35(22)14-18(33)2)27-25(28(37)32-26)13-31-36(27)21-4-7-39-8-5-21/h10-13,16,18,21-22H,3-9,14-15,17H2,1-2H3,(H,32,37)/t18-,22+/m0/s1. The molecule has 3 aromatic heterocycles. The summed E-state index contributed by atoms with van der Waals surface area (Å²) in [5, 5.41) is 10.6. The number of benzene rings is 1. The summed E-state index contributed by atoms with van der Waals surface area (Å²) in [6.07, 6.45) is 9.31. The van der Waals surface area contributed by atoms with Crippen LogP contribution in [0.2, 0.25) is 0 Å². The predicted molar refractivity (Wildman–Crippen MR) is 148 cm³/mol. The van der Waals surface area contributed by atoms with Crippen molar-refractivity contribution in [2.45, 2.75) is 70.7 Å². The molecule has 2 atom stereocenters. The Morgan fingerprint density at radius 3 is 2.72 bits per heavy atom. The van der Waals surface area contributed by atoms with Gasteiger partial charge in [-0.1, -0.05) is 6.92 Å². The number of piperazine rings is 1. The van der Waals surface area contributed by atoms with Gasteiger partial charge in [0.1, 0.15) is 0 Å². The van der Waals surface area contributed by atoms with Crippen molar-refractivity contribution in [2.75, 3.05) is 26.3 Å². The predicted octanol–water partition coefficient (Wildman–Crippen LogP) is 3.11. The molecule has 1 aromatic carbocycles. The van der Waals surface area contributed by atoms with Gasteiger partial charge in [0.25, 0.3) is 11.5 Å². The maximum absolute atomic E-state index is 13.9. The molecule has 7 rings (SSSR count). The van der Waals surface area contributed by atoms with Crippen LogP contribution in [0, 0.1) is 0 Å². The number of nitrogens with one attached hydrogen (secondary N) is 1. The van der Waals surface area contributed by atoms with E-state index in [2.05, 4.69) is 45.0 Å². The molecule has 4 aromatic rings. The number of aromatic nitrogens is 5. The third-order valence-corrected chi connectivity index (χ3v) is 8.77. The first-order valence-electron chi connectivity index (χ1n) is 14.2. The van der Waals surface area contributed by atoms with Crippen LogP contribution >= 0.6 is 0 Å². The number of fused-ring (bicyclic) bond motifs is 5. The lowest BCUT2D eigenvalue weighted by atomic mass is 9.89. The van der Waals surface area contributed by atoms with Crippen LogP contribution in [0.5, 0.6) is 0 Å². The van der Waals surface area contributed by atoms with Crippen LogP contribution in [-0.2, 0) is 24.2 Å². The van der Waals surface area contributed by atoms with Gasteiger partial charge in [-0.3, -0.25) is 23.9 Å². The van der Waals surface area contributed by atoms with E-state index in [1.54, 1.807) is 6.20 Å². The highest BCUT2D eigenvalue weighted by Gasteiger charge is 2.39. The van der Waals surface area contributed by atoms with Crippen molar-refractivity contribution in [3.8, 4) is 0 Å². The summed E-state index contributed by atoms with van der Waals surface area (Å²) in [5.74, 6) is 0.0851. The Morgan fingerprint density at radius 2 is 1.90 bits per heavy atom. The zero-order valence-corrected chi connectivity index (χ0v) is 22.6. The summed E-state index contributed by atoms with van der Waals surface area (Å²) < 4.78 is 9.55. The molecule has 0 radical (unpaired) electrons. The van der Waals surface area contributed by atoms with E-state index in [4.69, 9.17) is 4.74 Å². The lowest BCUT2D eigenvalue weighted by molar-refractivity contribution is 0.0210. The Bertz CT molecular complexity index is 1610. The molecular formula is C29H35N7O3. The smallest absolute Gasteiger partial charge is 0.259 e. The van der Waals surface area contributed by atoms with Gasteiger partial charge >= 0.3 is 0 Å². The zero-order chi connectivity index (χ0) is 26.7. The largest absolute Gasteiger partial charge is 0.381 e. The van der Waals surface area contributed by atoms with Gasteiger partial charge in [-0.25, -0.2) is 0 Å². The van der Waals surface area contributed by atoms with E-state index in [0.29, 0.717) is 25.1 Å². The number of amides is 1. The Hall–Kier alpha value is -3.50. The lowest BCUT2D eigenvalue weighted by Crippen LogP contribution is -2.61. The Kier molecular flexibility index (Phi) is 6.04. The molecule has 1 N–H and O–H groups in total.